The maximum Gasteiger partial charge on any atom is 0.162 e. The topological polar surface area (TPSA) is 12.0 Å². The van der Waals surface area contributed by atoms with Crippen LogP contribution in [0.1, 0.15) is 28.3 Å². The van der Waals surface area contributed by atoms with E-state index in [-0.39, 0.29) is 6.04 Å². The van der Waals surface area contributed by atoms with E-state index in [1.165, 1.54) is 11.1 Å². The first-order valence-electron chi connectivity index (χ1n) is 6.70. The van der Waals surface area contributed by atoms with Crippen molar-refractivity contribution in [1.29, 1.82) is 0 Å². The standard InChI is InChI=1S/C17H19F2N/c1-11-7-8-13(9-12(11)2)16(20-3)10-14-5-4-6-15(18)17(14)19/h4-9,16,20H,10H2,1-3H3. The summed E-state index contributed by atoms with van der Waals surface area (Å²) < 4.78 is 27.0. The van der Waals surface area contributed by atoms with E-state index in [9.17, 15) is 8.78 Å². The van der Waals surface area contributed by atoms with E-state index in [0.29, 0.717) is 12.0 Å². The van der Waals surface area contributed by atoms with Gasteiger partial charge in [-0.05, 0) is 55.6 Å². The van der Waals surface area contributed by atoms with Crippen LogP contribution in [-0.2, 0) is 6.42 Å². The molecule has 0 aromatic heterocycles. The maximum absolute atomic E-state index is 13.8. The summed E-state index contributed by atoms with van der Waals surface area (Å²) in [7, 11) is 1.83. The quantitative estimate of drug-likeness (QED) is 0.886. The van der Waals surface area contributed by atoms with Gasteiger partial charge in [0.25, 0.3) is 0 Å². The molecule has 0 fully saturated rings. The van der Waals surface area contributed by atoms with Crippen LogP contribution in [-0.4, -0.2) is 7.05 Å². The second kappa shape index (κ2) is 6.14. The number of hydrogen-bond donors (Lipinski definition) is 1. The minimum atomic E-state index is -0.794. The Labute approximate surface area is 118 Å². The molecule has 0 bridgehead atoms. The number of nitrogens with one attached hydrogen (secondary N) is 1. The van der Waals surface area contributed by atoms with Gasteiger partial charge >= 0.3 is 0 Å². The first-order valence-corrected chi connectivity index (χ1v) is 6.70. The summed E-state index contributed by atoms with van der Waals surface area (Å²) in [4.78, 5) is 0. The van der Waals surface area contributed by atoms with E-state index >= 15 is 0 Å². The van der Waals surface area contributed by atoms with E-state index in [1.54, 1.807) is 12.1 Å². The van der Waals surface area contributed by atoms with Gasteiger partial charge in [-0.2, -0.15) is 0 Å². The van der Waals surface area contributed by atoms with E-state index in [1.807, 2.05) is 20.0 Å². The fourth-order valence-electron chi connectivity index (χ4n) is 2.29. The van der Waals surface area contributed by atoms with Crippen LogP contribution in [0, 0.1) is 25.5 Å². The van der Waals surface area contributed by atoms with Gasteiger partial charge in [-0.15, -0.1) is 0 Å². The first-order chi connectivity index (χ1) is 9.52. The Morgan fingerprint density at radius 2 is 1.80 bits per heavy atom. The van der Waals surface area contributed by atoms with Crippen LogP contribution in [0.5, 0.6) is 0 Å². The highest BCUT2D eigenvalue weighted by Crippen LogP contribution is 2.23. The third-order valence-electron chi connectivity index (χ3n) is 3.74. The van der Waals surface area contributed by atoms with Crippen LogP contribution >= 0.6 is 0 Å². The molecular weight excluding hydrogens is 256 g/mol. The van der Waals surface area contributed by atoms with Crippen molar-refractivity contribution < 1.29 is 8.78 Å². The summed E-state index contributed by atoms with van der Waals surface area (Å²) >= 11 is 0. The van der Waals surface area contributed by atoms with Gasteiger partial charge in [0.15, 0.2) is 11.6 Å². The normalized spacial score (nSPS) is 12.4. The van der Waals surface area contributed by atoms with Crippen LogP contribution in [0.25, 0.3) is 0 Å². The molecule has 2 rings (SSSR count). The van der Waals surface area contributed by atoms with Crippen LogP contribution in [0.4, 0.5) is 8.78 Å². The average molecular weight is 275 g/mol. The predicted octanol–water partition coefficient (Wildman–Crippen LogP) is 4.08. The van der Waals surface area contributed by atoms with E-state index in [2.05, 4.69) is 24.4 Å². The van der Waals surface area contributed by atoms with Gasteiger partial charge in [0.2, 0.25) is 0 Å². The number of halogens is 2. The van der Waals surface area contributed by atoms with Gasteiger partial charge in [0.1, 0.15) is 0 Å². The third-order valence-corrected chi connectivity index (χ3v) is 3.74. The lowest BCUT2D eigenvalue weighted by atomic mass is 9.96. The van der Waals surface area contributed by atoms with E-state index in [0.717, 1.165) is 11.6 Å². The van der Waals surface area contributed by atoms with Gasteiger partial charge in [-0.1, -0.05) is 30.3 Å². The minimum Gasteiger partial charge on any atom is -0.313 e. The molecule has 1 N–H and O–H groups in total. The Hall–Kier alpha value is -1.74. The molecule has 1 unspecified atom stereocenters. The molecule has 0 saturated heterocycles. The average Bonchev–Trinajstić information content (AvgIpc) is 2.44. The van der Waals surface area contributed by atoms with Crippen LogP contribution < -0.4 is 5.32 Å². The summed E-state index contributed by atoms with van der Waals surface area (Å²) in [6.07, 6.45) is 0.419. The fraction of sp³-hybridized carbons (Fsp3) is 0.294. The number of hydrogen-bond acceptors (Lipinski definition) is 1. The molecule has 0 heterocycles. The number of benzene rings is 2. The molecule has 106 valence electrons. The smallest absolute Gasteiger partial charge is 0.162 e. The van der Waals surface area contributed by atoms with Gasteiger partial charge in [-0.3, -0.25) is 0 Å². The van der Waals surface area contributed by atoms with Crippen LogP contribution in [0.3, 0.4) is 0 Å². The SMILES string of the molecule is CNC(Cc1cccc(F)c1F)c1ccc(C)c(C)c1. The number of likely N-dealkylation sites (N-methyl/N-ethyl adjacent to an activating group) is 1. The van der Waals surface area contributed by atoms with Crippen molar-refractivity contribution >= 4 is 0 Å². The molecule has 0 spiro atoms. The van der Waals surface area contributed by atoms with Crippen molar-refractivity contribution in [2.45, 2.75) is 26.3 Å². The third kappa shape index (κ3) is 3.05. The molecule has 0 radical (unpaired) electrons. The molecule has 3 heteroatoms. The molecular formula is C17H19F2N. The predicted molar refractivity (Wildman–Crippen MR) is 77.8 cm³/mol. The van der Waals surface area contributed by atoms with Crippen molar-refractivity contribution in [3.05, 3.63) is 70.3 Å². The molecule has 1 nitrogen and oxygen atoms in total. The van der Waals surface area contributed by atoms with E-state index < -0.39 is 11.6 Å². The molecule has 0 aliphatic heterocycles. The summed E-state index contributed by atoms with van der Waals surface area (Å²) in [5.74, 6) is -1.55. The zero-order valence-electron chi connectivity index (χ0n) is 12.0. The number of aryl methyl sites for hydroxylation is 2. The lowest BCUT2D eigenvalue weighted by molar-refractivity contribution is 0.487. The van der Waals surface area contributed by atoms with Crippen molar-refractivity contribution in [3.63, 3.8) is 0 Å². The molecule has 1 atom stereocenters. The fourth-order valence-corrected chi connectivity index (χ4v) is 2.29. The Balaban J connectivity index is 2.28. The van der Waals surface area contributed by atoms with Crippen molar-refractivity contribution in [3.8, 4) is 0 Å². The van der Waals surface area contributed by atoms with Crippen LogP contribution in [0.15, 0.2) is 36.4 Å². The lowest BCUT2D eigenvalue weighted by Gasteiger charge is -2.18. The Bertz CT molecular complexity index is 608. The molecule has 2 aromatic rings. The maximum atomic E-state index is 13.8. The molecule has 0 saturated carbocycles. The highest BCUT2D eigenvalue weighted by molar-refractivity contribution is 5.33. The largest absolute Gasteiger partial charge is 0.313 e. The second-order valence-electron chi connectivity index (χ2n) is 5.10. The van der Waals surface area contributed by atoms with Crippen LogP contribution in [0.2, 0.25) is 0 Å². The van der Waals surface area contributed by atoms with E-state index in [4.69, 9.17) is 0 Å². The zero-order chi connectivity index (χ0) is 14.7. The van der Waals surface area contributed by atoms with Gasteiger partial charge in [-0.25, -0.2) is 8.78 Å². The van der Waals surface area contributed by atoms with Gasteiger partial charge in [0.05, 0.1) is 0 Å². The molecule has 2 aromatic carbocycles. The number of rotatable bonds is 4. The summed E-state index contributed by atoms with van der Waals surface area (Å²) in [6.45, 7) is 4.11. The van der Waals surface area contributed by atoms with Gasteiger partial charge in [0, 0.05) is 6.04 Å². The first kappa shape index (κ1) is 14.7. The van der Waals surface area contributed by atoms with Crippen molar-refractivity contribution in [2.75, 3.05) is 7.05 Å². The Morgan fingerprint density at radius 3 is 2.45 bits per heavy atom. The summed E-state index contributed by atoms with van der Waals surface area (Å²) in [5, 5.41) is 3.17. The van der Waals surface area contributed by atoms with Crippen molar-refractivity contribution in [2.24, 2.45) is 0 Å². The Morgan fingerprint density at radius 1 is 1.05 bits per heavy atom. The molecule has 0 aliphatic carbocycles. The zero-order valence-corrected chi connectivity index (χ0v) is 12.0. The summed E-state index contributed by atoms with van der Waals surface area (Å²) in [5.41, 5.74) is 3.89. The Kier molecular flexibility index (Phi) is 4.50. The van der Waals surface area contributed by atoms with Gasteiger partial charge < -0.3 is 5.32 Å². The molecule has 0 aliphatic rings. The monoisotopic (exact) mass is 275 g/mol. The molecule has 20 heavy (non-hydrogen) atoms. The summed E-state index contributed by atoms with van der Waals surface area (Å²) in [6, 6.07) is 10.4. The minimum absolute atomic E-state index is 0.0365. The van der Waals surface area contributed by atoms with Crippen molar-refractivity contribution in [1.82, 2.24) is 5.32 Å². The second-order valence-corrected chi connectivity index (χ2v) is 5.10. The lowest BCUT2D eigenvalue weighted by Crippen LogP contribution is -2.19. The molecule has 0 amide bonds. The highest BCUT2D eigenvalue weighted by atomic mass is 19.2. The highest BCUT2D eigenvalue weighted by Gasteiger charge is 2.15.